The molecule has 0 bridgehead atoms. The summed E-state index contributed by atoms with van der Waals surface area (Å²) in [4.78, 5) is 0. The van der Waals surface area contributed by atoms with E-state index in [4.69, 9.17) is 0 Å². The molecule has 1 nitrogen and oxygen atoms in total. The summed E-state index contributed by atoms with van der Waals surface area (Å²) in [6.45, 7) is 1.15. The monoisotopic (exact) mass is 229 g/mol. The van der Waals surface area contributed by atoms with Gasteiger partial charge in [-0.05, 0) is 42.4 Å². The summed E-state index contributed by atoms with van der Waals surface area (Å²) in [5, 5.41) is 3.54. The Morgan fingerprint density at radius 1 is 1.06 bits per heavy atom. The van der Waals surface area contributed by atoms with E-state index in [1.165, 1.54) is 57.1 Å². The highest BCUT2D eigenvalue weighted by Crippen LogP contribution is 2.31. The van der Waals surface area contributed by atoms with Gasteiger partial charge in [0.1, 0.15) is 0 Å². The quantitative estimate of drug-likeness (QED) is 0.802. The molecule has 17 heavy (non-hydrogen) atoms. The Morgan fingerprint density at radius 2 is 1.94 bits per heavy atom. The van der Waals surface area contributed by atoms with Crippen LogP contribution in [0.3, 0.4) is 0 Å². The molecule has 1 N–H and O–H groups in total. The molecule has 1 aromatic carbocycles. The molecule has 0 spiro atoms. The van der Waals surface area contributed by atoms with Crippen LogP contribution in [0.15, 0.2) is 18.2 Å². The van der Waals surface area contributed by atoms with Crippen LogP contribution < -0.4 is 5.32 Å². The van der Waals surface area contributed by atoms with Crippen molar-refractivity contribution in [1.29, 1.82) is 0 Å². The maximum atomic E-state index is 3.54. The van der Waals surface area contributed by atoms with Crippen LogP contribution in [0.25, 0.3) is 0 Å². The lowest BCUT2D eigenvalue weighted by Crippen LogP contribution is -2.16. The highest BCUT2D eigenvalue weighted by molar-refractivity contribution is 5.56. The molecule has 1 aliphatic carbocycles. The number of anilines is 1. The minimum Gasteiger partial charge on any atom is -0.385 e. The van der Waals surface area contributed by atoms with Crippen molar-refractivity contribution in [2.45, 2.75) is 51.4 Å². The molecule has 1 aromatic rings. The average molecular weight is 229 g/mol. The maximum Gasteiger partial charge on any atom is 0.0375 e. The molecule has 92 valence electrons. The van der Waals surface area contributed by atoms with Crippen molar-refractivity contribution >= 4 is 5.69 Å². The second-order valence-electron chi connectivity index (χ2n) is 5.68. The molecule has 0 atom stereocenters. The number of benzene rings is 1. The standard InChI is InChI=1S/C16H23N/c1-2-6-13(7-3-1)12-14-8-4-10-16-15(14)9-5-11-17-16/h4,8,10,13,17H,1-3,5-7,9,11-12H2. The molecule has 1 heterocycles. The van der Waals surface area contributed by atoms with Crippen LogP contribution in [0.1, 0.15) is 49.7 Å². The maximum absolute atomic E-state index is 3.54. The number of nitrogens with one attached hydrogen (secondary N) is 1. The number of fused-ring (bicyclic) bond motifs is 1. The highest BCUT2D eigenvalue weighted by Gasteiger charge is 2.18. The Morgan fingerprint density at radius 3 is 2.82 bits per heavy atom. The van der Waals surface area contributed by atoms with Crippen LogP contribution >= 0.6 is 0 Å². The summed E-state index contributed by atoms with van der Waals surface area (Å²) in [6, 6.07) is 6.84. The van der Waals surface area contributed by atoms with Gasteiger partial charge in [-0.2, -0.15) is 0 Å². The van der Waals surface area contributed by atoms with E-state index in [-0.39, 0.29) is 0 Å². The molecule has 0 saturated heterocycles. The normalized spacial score (nSPS) is 20.7. The van der Waals surface area contributed by atoms with Crippen LogP contribution in [0.4, 0.5) is 5.69 Å². The van der Waals surface area contributed by atoms with Crippen LogP contribution in [0.5, 0.6) is 0 Å². The lowest BCUT2D eigenvalue weighted by molar-refractivity contribution is 0.356. The second kappa shape index (κ2) is 5.12. The van der Waals surface area contributed by atoms with Gasteiger partial charge in [0.15, 0.2) is 0 Å². The number of hydrogen-bond donors (Lipinski definition) is 1. The third-order valence-electron chi connectivity index (χ3n) is 4.43. The molecule has 1 heteroatoms. The molecule has 1 aliphatic heterocycles. The molecule has 1 saturated carbocycles. The summed E-state index contributed by atoms with van der Waals surface area (Å²) in [7, 11) is 0. The Balaban J connectivity index is 1.77. The Labute approximate surface area is 105 Å². The summed E-state index contributed by atoms with van der Waals surface area (Å²) in [6.07, 6.45) is 11.2. The van der Waals surface area contributed by atoms with E-state index in [1.54, 1.807) is 11.1 Å². The zero-order valence-electron chi connectivity index (χ0n) is 10.7. The molecular weight excluding hydrogens is 206 g/mol. The molecular formula is C16H23N. The van der Waals surface area contributed by atoms with Crippen molar-refractivity contribution in [2.24, 2.45) is 5.92 Å². The predicted molar refractivity (Wildman–Crippen MR) is 73.5 cm³/mol. The fraction of sp³-hybridized carbons (Fsp3) is 0.625. The van der Waals surface area contributed by atoms with E-state index >= 15 is 0 Å². The second-order valence-corrected chi connectivity index (χ2v) is 5.68. The van der Waals surface area contributed by atoms with E-state index < -0.39 is 0 Å². The average Bonchev–Trinajstić information content (AvgIpc) is 2.40. The lowest BCUT2D eigenvalue weighted by Gasteiger charge is -2.25. The molecule has 1 fully saturated rings. The van der Waals surface area contributed by atoms with E-state index in [0.29, 0.717) is 0 Å². The fourth-order valence-corrected chi connectivity index (χ4v) is 3.48. The first-order valence-electron chi connectivity index (χ1n) is 7.28. The predicted octanol–water partition coefficient (Wildman–Crippen LogP) is 4.17. The first-order chi connectivity index (χ1) is 8.43. The Hall–Kier alpha value is -0.980. The van der Waals surface area contributed by atoms with Gasteiger partial charge in [0, 0.05) is 12.2 Å². The Bertz CT molecular complexity index is 377. The van der Waals surface area contributed by atoms with Crippen LogP contribution in [0, 0.1) is 5.92 Å². The third-order valence-corrected chi connectivity index (χ3v) is 4.43. The summed E-state index contributed by atoms with van der Waals surface area (Å²) in [5.41, 5.74) is 4.65. The molecule has 0 radical (unpaired) electrons. The SMILES string of the molecule is c1cc(CC2CCCCC2)c2c(c1)NCCC2. The van der Waals surface area contributed by atoms with E-state index in [1.807, 2.05) is 0 Å². The van der Waals surface area contributed by atoms with Gasteiger partial charge in [0.2, 0.25) is 0 Å². The first-order valence-corrected chi connectivity index (χ1v) is 7.28. The van der Waals surface area contributed by atoms with Crippen molar-refractivity contribution in [3.8, 4) is 0 Å². The zero-order chi connectivity index (χ0) is 11.5. The minimum atomic E-state index is 0.956. The summed E-state index contributed by atoms with van der Waals surface area (Å²) < 4.78 is 0. The molecule has 0 aromatic heterocycles. The molecule has 0 unspecified atom stereocenters. The van der Waals surface area contributed by atoms with Gasteiger partial charge in [-0.15, -0.1) is 0 Å². The minimum absolute atomic E-state index is 0.956. The molecule has 3 rings (SSSR count). The smallest absolute Gasteiger partial charge is 0.0375 e. The van der Waals surface area contributed by atoms with E-state index in [2.05, 4.69) is 23.5 Å². The van der Waals surface area contributed by atoms with Crippen molar-refractivity contribution in [2.75, 3.05) is 11.9 Å². The largest absolute Gasteiger partial charge is 0.385 e. The van der Waals surface area contributed by atoms with Gasteiger partial charge in [0.05, 0.1) is 0 Å². The van der Waals surface area contributed by atoms with Crippen molar-refractivity contribution in [3.05, 3.63) is 29.3 Å². The molecule has 0 amide bonds. The van der Waals surface area contributed by atoms with Crippen LogP contribution in [-0.4, -0.2) is 6.54 Å². The van der Waals surface area contributed by atoms with Gasteiger partial charge in [-0.1, -0.05) is 44.2 Å². The first kappa shape index (κ1) is 11.1. The Kier molecular flexibility index (Phi) is 3.35. The summed E-state index contributed by atoms with van der Waals surface area (Å²) in [5.74, 6) is 0.956. The zero-order valence-corrected chi connectivity index (χ0v) is 10.7. The lowest BCUT2D eigenvalue weighted by atomic mass is 9.83. The number of hydrogen-bond acceptors (Lipinski definition) is 1. The molecule has 2 aliphatic rings. The topological polar surface area (TPSA) is 12.0 Å². The van der Waals surface area contributed by atoms with Gasteiger partial charge in [0.25, 0.3) is 0 Å². The van der Waals surface area contributed by atoms with Gasteiger partial charge in [-0.3, -0.25) is 0 Å². The van der Waals surface area contributed by atoms with E-state index in [9.17, 15) is 0 Å². The van der Waals surface area contributed by atoms with Crippen molar-refractivity contribution in [3.63, 3.8) is 0 Å². The third kappa shape index (κ3) is 2.48. The summed E-state index contributed by atoms with van der Waals surface area (Å²) >= 11 is 0. The van der Waals surface area contributed by atoms with Crippen LogP contribution in [0.2, 0.25) is 0 Å². The van der Waals surface area contributed by atoms with Gasteiger partial charge >= 0.3 is 0 Å². The van der Waals surface area contributed by atoms with Crippen molar-refractivity contribution < 1.29 is 0 Å². The number of rotatable bonds is 2. The van der Waals surface area contributed by atoms with Crippen molar-refractivity contribution in [1.82, 2.24) is 0 Å². The highest BCUT2D eigenvalue weighted by atomic mass is 14.9. The van der Waals surface area contributed by atoms with Crippen LogP contribution in [-0.2, 0) is 12.8 Å². The van der Waals surface area contributed by atoms with Gasteiger partial charge in [-0.25, -0.2) is 0 Å². The van der Waals surface area contributed by atoms with E-state index in [0.717, 1.165) is 12.5 Å². The van der Waals surface area contributed by atoms with Gasteiger partial charge < -0.3 is 5.32 Å². The fourth-order valence-electron chi connectivity index (χ4n) is 3.48.